The van der Waals surface area contributed by atoms with Crippen LogP contribution in [0.15, 0.2) is 29.2 Å². The molecule has 1 rings (SSSR count). The van der Waals surface area contributed by atoms with Gasteiger partial charge < -0.3 is 19.6 Å². The molecule has 18 heavy (non-hydrogen) atoms. The van der Waals surface area contributed by atoms with E-state index in [1.54, 1.807) is 0 Å². The number of carboxylic acids is 1. The van der Waals surface area contributed by atoms with Crippen LogP contribution in [-0.2, 0) is 9.53 Å². The van der Waals surface area contributed by atoms with E-state index in [-0.39, 0.29) is 24.2 Å². The first-order valence-electron chi connectivity index (χ1n) is 5.02. The molecule has 1 atom stereocenters. The monoisotopic (exact) mass is 273 g/mol. The summed E-state index contributed by atoms with van der Waals surface area (Å²) in [5, 5.41) is 11.2. The molecule has 0 radical (unpaired) electrons. The van der Waals surface area contributed by atoms with E-state index < -0.39 is 17.9 Å². The molecule has 0 aliphatic heterocycles. The van der Waals surface area contributed by atoms with Gasteiger partial charge in [-0.05, 0) is 23.7 Å². The molecule has 0 fully saturated rings. The second-order valence-corrected chi connectivity index (χ2v) is 3.67. The molecule has 1 unspecified atom stereocenters. The molecule has 1 aromatic heterocycles. The van der Waals surface area contributed by atoms with Crippen molar-refractivity contribution in [1.29, 1.82) is 0 Å². The number of hydrogen-bond donors (Lipinski definition) is 2. The van der Waals surface area contributed by atoms with Gasteiger partial charge in [0, 0.05) is 0 Å². The van der Waals surface area contributed by atoms with Crippen molar-refractivity contribution >= 4 is 23.5 Å². The van der Waals surface area contributed by atoms with Crippen LogP contribution in [0.4, 0.5) is 0 Å². The molecule has 98 valence electrons. The van der Waals surface area contributed by atoms with Crippen molar-refractivity contribution in [2.45, 2.75) is 6.04 Å². The third-order valence-electron chi connectivity index (χ3n) is 1.92. The lowest BCUT2D eigenvalue weighted by Gasteiger charge is -2.13. The molecule has 1 heterocycles. The van der Waals surface area contributed by atoms with Crippen molar-refractivity contribution in [2.24, 2.45) is 0 Å². The summed E-state index contributed by atoms with van der Waals surface area (Å²) in [5.74, 6) is -1.93. The largest absolute Gasteiger partial charge is 0.480 e. The van der Waals surface area contributed by atoms with Crippen LogP contribution in [0.5, 0.6) is 0 Å². The SMILES string of the molecule is C=CCOCC(NC(=O)c1ccc(Cl)o1)C(=O)O. The Hall–Kier alpha value is -1.79. The summed E-state index contributed by atoms with van der Waals surface area (Å²) < 4.78 is 9.83. The van der Waals surface area contributed by atoms with Crippen LogP contribution in [0.3, 0.4) is 0 Å². The first-order chi connectivity index (χ1) is 8.54. The van der Waals surface area contributed by atoms with Gasteiger partial charge in [0.1, 0.15) is 0 Å². The lowest BCUT2D eigenvalue weighted by molar-refractivity contribution is -0.140. The first-order valence-corrected chi connectivity index (χ1v) is 5.40. The van der Waals surface area contributed by atoms with E-state index in [9.17, 15) is 9.59 Å². The molecule has 0 aromatic carbocycles. The Bertz CT molecular complexity index is 442. The van der Waals surface area contributed by atoms with Crippen LogP contribution >= 0.6 is 11.6 Å². The zero-order valence-electron chi connectivity index (χ0n) is 9.39. The van der Waals surface area contributed by atoms with Gasteiger partial charge in [-0.2, -0.15) is 0 Å². The minimum absolute atomic E-state index is 0.0509. The first kappa shape index (κ1) is 14.3. The molecular weight excluding hydrogens is 262 g/mol. The molecule has 6 nitrogen and oxygen atoms in total. The van der Waals surface area contributed by atoms with E-state index in [1.807, 2.05) is 0 Å². The van der Waals surface area contributed by atoms with Crippen LogP contribution in [0, 0.1) is 0 Å². The zero-order chi connectivity index (χ0) is 13.5. The van der Waals surface area contributed by atoms with Crippen LogP contribution in [0.1, 0.15) is 10.6 Å². The molecule has 1 aromatic rings. The Kier molecular flexibility index (Phi) is 5.41. The van der Waals surface area contributed by atoms with Gasteiger partial charge in [0.25, 0.3) is 5.91 Å². The van der Waals surface area contributed by atoms with Gasteiger partial charge in [-0.1, -0.05) is 6.08 Å². The van der Waals surface area contributed by atoms with Crippen LogP contribution < -0.4 is 5.32 Å². The highest BCUT2D eigenvalue weighted by Crippen LogP contribution is 2.12. The number of halogens is 1. The Balaban J connectivity index is 2.57. The number of nitrogens with one attached hydrogen (secondary N) is 1. The molecule has 1 amide bonds. The fourth-order valence-electron chi connectivity index (χ4n) is 1.11. The molecule has 0 saturated heterocycles. The third-order valence-corrected chi connectivity index (χ3v) is 2.12. The molecule has 7 heteroatoms. The van der Waals surface area contributed by atoms with Crippen molar-refractivity contribution in [2.75, 3.05) is 13.2 Å². The van der Waals surface area contributed by atoms with Crippen molar-refractivity contribution in [3.05, 3.63) is 35.8 Å². The van der Waals surface area contributed by atoms with Crippen LogP contribution in [-0.4, -0.2) is 36.2 Å². The Labute approximate surface area is 108 Å². The smallest absolute Gasteiger partial charge is 0.328 e. The lowest BCUT2D eigenvalue weighted by Crippen LogP contribution is -2.43. The summed E-state index contributed by atoms with van der Waals surface area (Å²) in [5.41, 5.74) is 0. The summed E-state index contributed by atoms with van der Waals surface area (Å²) in [4.78, 5) is 22.5. The lowest BCUT2D eigenvalue weighted by atomic mass is 10.3. The fourth-order valence-corrected chi connectivity index (χ4v) is 1.26. The van der Waals surface area contributed by atoms with Crippen LogP contribution in [0.25, 0.3) is 0 Å². The molecule has 0 aliphatic rings. The molecule has 0 bridgehead atoms. The normalized spacial score (nSPS) is 11.8. The maximum absolute atomic E-state index is 11.6. The van der Waals surface area contributed by atoms with Crippen molar-refractivity contribution in [3.63, 3.8) is 0 Å². The average Bonchev–Trinajstić information content (AvgIpc) is 2.74. The van der Waals surface area contributed by atoms with E-state index >= 15 is 0 Å². The third kappa shape index (κ3) is 4.23. The number of carbonyl (C=O) groups is 2. The van der Waals surface area contributed by atoms with Gasteiger partial charge in [-0.15, -0.1) is 6.58 Å². The summed E-state index contributed by atoms with van der Waals surface area (Å²) in [6, 6.07) is 1.57. The van der Waals surface area contributed by atoms with Gasteiger partial charge in [0.05, 0.1) is 13.2 Å². The minimum Gasteiger partial charge on any atom is -0.480 e. The molecule has 0 spiro atoms. The van der Waals surface area contributed by atoms with Crippen molar-refractivity contribution in [3.8, 4) is 0 Å². The summed E-state index contributed by atoms with van der Waals surface area (Å²) in [6.45, 7) is 3.46. The highest BCUT2D eigenvalue weighted by atomic mass is 35.5. The maximum atomic E-state index is 11.6. The van der Waals surface area contributed by atoms with Crippen molar-refractivity contribution in [1.82, 2.24) is 5.32 Å². The predicted molar refractivity (Wildman–Crippen MR) is 63.6 cm³/mol. The number of rotatable bonds is 7. The number of aliphatic carboxylic acids is 1. The molecule has 2 N–H and O–H groups in total. The molecule has 0 saturated carbocycles. The quantitative estimate of drug-likeness (QED) is 0.578. The van der Waals surface area contributed by atoms with Gasteiger partial charge in [-0.25, -0.2) is 4.79 Å². The highest BCUT2D eigenvalue weighted by molar-refractivity contribution is 6.29. The van der Waals surface area contributed by atoms with E-state index in [2.05, 4.69) is 11.9 Å². The van der Waals surface area contributed by atoms with Gasteiger partial charge in [0.2, 0.25) is 0 Å². The van der Waals surface area contributed by atoms with E-state index in [1.165, 1.54) is 18.2 Å². The van der Waals surface area contributed by atoms with Gasteiger partial charge in [0.15, 0.2) is 17.0 Å². The second kappa shape index (κ2) is 6.83. The number of hydrogen-bond acceptors (Lipinski definition) is 4. The topological polar surface area (TPSA) is 88.8 Å². The zero-order valence-corrected chi connectivity index (χ0v) is 10.1. The summed E-state index contributed by atoms with van der Waals surface area (Å²) in [7, 11) is 0. The molecule has 0 aliphatic carbocycles. The number of amides is 1. The number of carboxylic acid groups (broad SMARTS) is 1. The van der Waals surface area contributed by atoms with E-state index in [4.69, 9.17) is 25.9 Å². The number of furan rings is 1. The predicted octanol–water partition coefficient (Wildman–Crippen LogP) is 1.32. The summed E-state index contributed by atoms with van der Waals surface area (Å²) in [6.07, 6.45) is 1.48. The van der Waals surface area contributed by atoms with Crippen LogP contribution in [0.2, 0.25) is 5.22 Å². The second-order valence-electron chi connectivity index (χ2n) is 3.29. The Morgan fingerprint density at radius 3 is 2.83 bits per heavy atom. The van der Waals surface area contributed by atoms with Crippen molar-refractivity contribution < 1.29 is 23.8 Å². The highest BCUT2D eigenvalue weighted by Gasteiger charge is 2.22. The van der Waals surface area contributed by atoms with Gasteiger partial charge in [-0.3, -0.25) is 4.79 Å². The minimum atomic E-state index is -1.20. The Morgan fingerprint density at radius 2 is 2.33 bits per heavy atom. The number of ether oxygens (including phenoxy) is 1. The maximum Gasteiger partial charge on any atom is 0.328 e. The molecular formula is C11H12ClNO5. The number of carbonyl (C=O) groups excluding carboxylic acids is 1. The average molecular weight is 274 g/mol. The Morgan fingerprint density at radius 1 is 1.61 bits per heavy atom. The fraction of sp³-hybridized carbons (Fsp3) is 0.273. The van der Waals surface area contributed by atoms with E-state index in [0.717, 1.165) is 0 Å². The standard InChI is InChI=1S/C11H12ClNO5/c1-2-5-17-6-7(11(15)16)13-10(14)8-3-4-9(12)18-8/h2-4,7H,1,5-6H2,(H,13,14)(H,15,16). The van der Waals surface area contributed by atoms with E-state index in [0.29, 0.717) is 0 Å². The summed E-state index contributed by atoms with van der Waals surface area (Å²) >= 11 is 5.51. The van der Waals surface area contributed by atoms with Gasteiger partial charge >= 0.3 is 5.97 Å².